The minimum Gasteiger partial charge on any atom is -0.492 e. The largest absolute Gasteiger partial charge is 0.492 e. The molecule has 0 aromatic heterocycles. The van der Waals surface area contributed by atoms with Crippen LogP contribution in [0.5, 0.6) is 5.75 Å². The van der Waals surface area contributed by atoms with Crippen LogP contribution in [0.25, 0.3) is 0 Å². The van der Waals surface area contributed by atoms with Gasteiger partial charge >= 0.3 is 0 Å². The van der Waals surface area contributed by atoms with Gasteiger partial charge in [-0.05, 0) is 66.8 Å². The van der Waals surface area contributed by atoms with Crippen molar-refractivity contribution < 1.29 is 13.2 Å². The van der Waals surface area contributed by atoms with Crippen LogP contribution >= 0.6 is 24.0 Å². The molecule has 1 heterocycles. The first-order valence-electron chi connectivity index (χ1n) is 10.7. The normalized spacial score (nSPS) is 19.6. The van der Waals surface area contributed by atoms with Crippen LogP contribution in [0.4, 0.5) is 0 Å². The lowest BCUT2D eigenvalue weighted by Crippen LogP contribution is -2.49. The average Bonchev–Trinajstić information content (AvgIpc) is 2.72. The van der Waals surface area contributed by atoms with E-state index >= 15 is 0 Å². The van der Waals surface area contributed by atoms with Gasteiger partial charge in [-0.3, -0.25) is 0 Å². The summed E-state index contributed by atoms with van der Waals surface area (Å²) < 4.78 is 33.2. The third-order valence-electron chi connectivity index (χ3n) is 6.52. The average molecular weight is 500 g/mol. The van der Waals surface area contributed by atoms with Gasteiger partial charge in [0, 0.05) is 37.1 Å². The van der Waals surface area contributed by atoms with E-state index in [-0.39, 0.29) is 37.0 Å². The molecule has 32 heavy (non-hydrogen) atoms. The molecule has 2 aromatic carbocycles. The van der Waals surface area contributed by atoms with E-state index in [0.717, 1.165) is 40.9 Å². The van der Waals surface area contributed by atoms with Crippen molar-refractivity contribution in [3.8, 4) is 5.75 Å². The molecule has 2 aromatic rings. The second-order valence-electron chi connectivity index (χ2n) is 8.54. The van der Waals surface area contributed by atoms with Gasteiger partial charge in [0.15, 0.2) is 0 Å². The summed E-state index contributed by atoms with van der Waals surface area (Å²) >= 11 is 6.14. The molecule has 1 atom stereocenters. The van der Waals surface area contributed by atoms with Crippen molar-refractivity contribution in [3.05, 3.63) is 64.2 Å². The van der Waals surface area contributed by atoms with Gasteiger partial charge in [0.1, 0.15) is 12.4 Å². The first-order chi connectivity index (χ1) is 14.8. The predicted molar refractivity (Wildman–Crippen MR) is 131 cm³/mol. The summed E-state index contributed by atoms with van der Waals surface area (Å²) in [5, 5.41) is 4.53. The molecule has 9 heteroatoms. The highest BCUT2D eigenvalue weighted by Crippen LogP contribution is 2.53. The Morgan fingerprint density at radius 3 is 2.53 bits per heavy atom. The van der Waals surface area contributed by atoms with E-state index < -0.39 is 10.2 Å². The van der Waals surface area contributed by atoms with E-state index in [4.69, 9.17) is 16.3 Å². The zero-order chi connectivity index (χ0) is 22.1. The number of hydrogen-bond donors (Lipinski definition) is 2. The van der Waals surface area contributed by atoms with Gasteiger partial charge in [-0.15, -0.1) is 12.4 Å². The molecule has 2 aliphatic rings. The maximum absolute atomic E-state index is 11.8. The lowest BCUT2D eigenvalue weighted by Gasteiger charge is -2.50. The molecule has 1 aliphatic carbocycles. The van der Waals surface area contributed by atoms with Gasteiger partial charge in [-0.1, -0.05) is 36.2 Å². The Bertz CT molecular complexity index is 1030. The molecule has 1 unspecified atom stereocenters. The van der Waals surface area contributed by atoms with Gasteiger partial charge < -0.3 is 10.1 Å². The summed E-state index contributed by atoms with van der Waals surface area (Å²) in [6, 6.07) is 14.8. The molecule has 1 aliphatic heterocycles. The van der Waals surface area contributed by atoms with Crippen LogP contribution in [0.15, 0.2) is 42.5 Å². The summed E-state index contributed by atoms with van der Waals surface area (Å²) in [5.74, 6) is 0.766. The molecule has 0 spiro atoms. The molecule has 0 radical (unpaired) electrons. The monoisotopic (exact) mass is 499 g/mol. The minimum absolute atomic E-state index is 0. The van der Waals surface area contributed by atoms with Crippen molar-refractivity contribution in [2.45, 2.75) is 37.1 Å². The minimum atomic E-state index is -3.44. The predicted octanol–water partition coefficient (Wildman–Crippen LogP) is 3.85. The SMILES string of the molecule is CN(C)S(=O)(=O)NCCOc1ccc2c(c1)C(C1(c3ccc(Cl)cc3)CCC1)NCC2.Cl. The Hall–Kier alpha value is -1.35. The van der Waals surface area contributed by atoms with E-state index in [2.05, 4.69) is 34.3 Å². The summed E-state index contributed by atoms with van der Waals surface area (Å²) in [6.07, 6.45) is 4.50. The fourth-order valence-electron chi connectivity index (χ4n) is 4.67. The Labute approximate surface area is 202 Å². The molecular weight excluding hydrogens is 469 g/mol. The first-order valence-corrected chi connectivity index (χ1v) is 12.6. The molecule has 1 saturated carbocycles. The summed E-state index contributed by atoms with van der Waals surface area (Å²) in [7, 11) is -0.447. The lowest BCUT2D eigenvalue weighted by atomic mass is 9.58. The number of ether oxygens (including phenoxy) is 1. The summed E-state index contributed by atoms with van der Waals surface area (Å²) in [5.41, 5.74) is 4.04. The molecule has 4 rings (SSSR count). The molecule has 0 amide bonds. The van der Waals surface area contributed by atoms with E-state index in [1.165, 1.54) is 37.2 Å². The highest BCUT2D eigenvalue weighted by Gasteiger charge is 2.47. The van der Waals surface area contributed by atoms with Crippen molar-refractivity contribution in [1.29, 1.82) is 0 Å². The number of halogens is 2. The first kappa shape index (κ1) is 25.3. The smallest absolute Gasteiger partial charge is 0.279 e. The fourth-order valence-corrected chi connectivity index (χ4v) is 5.39. The van der Waals surface area contributed by atoms with E-state index in [0.29, 0.717) is 0 Å². The molecule has 176 valence electrons. The number of hydrogen-bond acceptors (Lipinski definition) is 4. The van der Waals surface area contributed by atoms with Crippen LogP contribution in [-0.2, 0) is 22.0 Å². The van der Waals surface area contributed by atoms with Gasteiger partial charge in [0.25, 0.3) is 10.2 Å². The Morgan fingerprint density at radius 2 is 1.91 bits per heavy atom. The van der Waals surface area contributed by atoms with Crippen LogP contribution in [0, 0.1) is 0 Å². The quantitative estimate of drug-likeness (QED) is 0.541. The highest BCUT2D eigenvalue weighted by molar-refractivity contribution is 7.87. The zero-order valence-electron chi connectivity index (χ0n) is 18.4. The Morgan fingerprint density at radius 1 is 1.19 bits per heavy atom. The fraction of sp³-hybridized carbons (Fsp3) is 0.478. The van der Waals surface area contributed by atoms with Crippen LogP contribution in [0.3, 0.4) is 0 Å². The second kappa shape index (κ2) is 10.3. The topological polar surface area (TPSA) is 70.7 Å². The second-order valence-corrected chi connectivity index (χ2v) is 11.0. The molecular formula is C23H31Cl2N3O3S. The standard InChI is InChI=1S/C23H30ClN3O3S.ClH/c1-27(2)31(28,29)26-14-15-30-20-9-4-17-10-13-25-22(21(17)16-20)23(11-3-12-23)18-5-7-19(24)8-6-18;/h4-9,16,22,25-26H,3,10-15H2,1-2H3;1H. The van der Waals surface area contributed by atoms with Crippen molar-refractivity contribution in [2.75, 3.05) is 33.8 Å². The molecule has 2 N–H and O–H groups in total. The van der Waals surface area contributed by atoms with Gasteiger partial charge in [0.2, 0.25) is 0 Å². The molecule has 0 saturated heterocycles. The van der Waals surface area contributed by atoms with Crippen molar-refractivity contribution in [3.63, 3.8) is 0 Å². The molecule has 6 nitrogen and oxygen atoms in total. The van der Waals surface area contributed by atoms with Crippen molar-refractivity contribution in [2.24, 2.45) is 0 Å². The summed E-state index contributed by atoms with van der Waals surface area (Å²) in [6.45, 7) is 1.44. The number of rotatable bonds is 8. The number of nitrogens with zero attached hydrogens (tertiary/aromatic N) is 1. The van der Waals surface area contributed by atoms with Gasteiger partial charge in [-0.2, -0.15) is 17.4 Å². The van der Waals surface area contributed by atoms with Crippen LogP contribution in [0.2, 0.25) is 5.02 Å². The van der Waals surface area contributed by atoms with Crippen LogP contribution in [0.1, 0.15) is 42.0 Å². The van der Waals surface area contributed by atoms with Crippen LogP contribution < -0.4 is 14.8 Å². The van der Waals surface area contributed by atoms with E-state index in [1.54, 1.807) is 0 Å². The van der Waals surface area contributed by atoms with Crippen molar-refractivity contribution >= 4 is 34.2 Å². The third-order valence-corrected chi connectivity index (χ3v) is 8.31. The maximum atomic E-state index is 11.8. The summed E-state index contributed by atoms with van der Waals surface area (Å²) in [4.78, 5) is 0. The van der Waals surface area contributed by atoms with E-state index in [9.17, 15) is 8.42 Å². The van der Waals surface area contributed by atoms with E-state index in [1.807, 2.05) is 18.2 Å². The van der Waals surface area contributed by atoms with Gasteiger partial charge in [0.05, 0.1) is 0 Å². The number of benzene rings is 2. The zero-order valence-corrected chi connectivity index (χ0v) is 20.8. The molecule has 0 bridgehead atoms. The highest BCUT2D eigenvalue weighted by atomic mass is 35.5. The Balaban J connectivity index is 0.00000289. The number of fused-ring (bicyclic) bond motifs is 1. The van der Waals surface area contributed by atoms with Crippen LogP contribution in [-0.4, -0.2) is 46.5 Å². The molecule has 1 fully saturated rings. The lowest BCUT2D eigenvalue weighted by molar-refractivity contribution is 0.164. The third kappa shape index (κ3) is 5.08. The van der Waals surface area contributed by atoms with Crippen molar-refractivity contribution in [1.82, 2.24) is 14.3 Å². The van der Waals surface area contributed by atoms with Gasteiger partial charge in [-0.25, -0.2) is 0 Å². The maximum Gasteiger partial charge on any atom is 0.279 e. The Kier molecular flexibility index (Phi) is 8.12. The number of nitrogens with one attached hydrogen (secondary N) is 2.